The molecule has 0 unspecified atom stereocenters. The van der Waals surface area contributed by atoms with Crippen LogP contribution in [0.3, 0.4) is 0 Å². The van der Waals surface area contributed by atoms with Crippen LogP contribution in [0.25, 0.3) is 0 Å². The van der Waals surface area contributed by atoms with Gasteiger partial charge in [-0.2, -0.15) is 13.2 Å². The van der Waals surface area contributed by atoms with Gasteiger partial charge in [0.2, 0.25) is 0 Å². The average Bonchev–Trinajstić information content (AvgIpc) is 2.28. The summed E-state index contributed by atoms with van der Waals surface area (Å²) in [5.41, 5.74) is 9.76. The summed E-state index contributed by atoms with van der Waals surface area (Å²) in [4.78, 5) is 1.69. The van der Waals surface area contributed by atoms with E-state index >= 15 is 0 Å². The molecular weight excluding hydrogens is 235 g/mol. The Balaban J connectivity index is 2.84. The number of alkyl halides is 3. The van der Waals surface area contributed by atoms with Crippen molar-refractivity contribution in [1.29, 1.82) is 0 Å². The monoisotopic (exact) mass is 249 g/mol. The summed E-state index contributed by atoms with van der Waals surface area (Å²) in [5, 5.41) is 6.66. The van der Waals surface area contributed by atoms with Gasteiger partial charge in [0.1, 0.15) is 0 Å². The van der Waals surface area contributed by atoms with Gasteiger partial charge in [-0.25, -0.2) is 0 Å². The number of aromatic nitrogens is 2. The topological polar surface area (TPSA) is 81.1 Å². The van der Waals surface area contributed by atoms with E-state index in [0.717, 1.165) is 6.07 Å². The second kappa shape index (κ2) is 5.78. The maximum atomic E-state index is 12.3. The molecule has 0 amide bonds. The van der Waals surface area contributed by atoms with Gasteiger partial charge in [0.05, 0.1) is 0 Å². The SMILES string of the molecule is NCCN(CCN)c1ccc(C(F)(F)F)nn1. The lowest BCUT2D eigenvalue weighted by atomic mass is 10.3. The van der Waals surface area contributed by atoms with Crippen LogP contribution in [0.2, 0.25) is 0 Å². The van der Waals surface area contributed by atoms with Gasteiger partial charge in [0, 0.05) is 26.2 Å². The molecule has 1 aromatic rings. The van der Waals surface area contributed by atoms with E-state index in [4.69, 9.17) is 11.5 Å². The molecule has 8 heteroatoms. The highest BCUT2D eigenvalue weighted by Gasteiger charge is 2.33. The molecule has 5 nitrogen and oxygen atoms in total. The van der Waals surface area contributed by atoms with Crippen LogP contribution in [0.5, 0.6) is 0 Å². The van der Waals surface area contributed by atoms with Crippen molar-refractivity contribution in [1.82, 2.24) is 10.2 Å². The van der Waals surface area contributed by atoms with Crippen molar-refractivity contribution in [3.63, 3.8) is 0 Å². The molecule has 0 saturated carbocycles. The molecule has 1 heterocycles. The molecule has 1 aromatic heterocycles. The molecule has 0 aromatic carbocycles. The zero-order valence-corrected chi connectivity index (χ0v) is 9.11. The number of anilines is 1. The summed E-state index contributed by atoms with van der Waals surface area (Å²) in [5.74, 6) is 0.342. The van der Waals surface area contributed by atoms with Crippen molar-refractivity contribution in [2.45, 2.75) is 6.18 Å². The molecule has 0 aliphatic rings. The molecular formula is C9H14F3N5. The van der Waals surface area contributed by atoms with Gasteiger partial charge >= 0.3 is 6.18 Å². The predicted molar refractivity (Wildman–Crippen MR) is 57.4 cm³/mol. The number of hydrogen-bond acceptors (Lipinski definition) is 5. The minimum Gasteiger partial charge on any atom is -0.353 e. The van der Waals surface area contributed by atoms with E-state index in [1.807, 2.05) is 0 Å². The zero-order chi connectivity index (χ0) is 12.9. The fraction of sp³-hybridized carbons (Fsp3) is 0.556. The Labute approximate surface area is 96.6 Å². The van der Waals surface area contributed by atoms with E-state index in [2.05, 4.69) is 10.2 Å². The summed E-state index contributed by atoms with van der Waals surface area (Å²) in [6.45, 7) is 1.67. The van der Waals surface area contributed by atoms with Crippen molar-refractivity contribution in [3.05, 3.63) is 17.8 Å². The number of halogens is 3. The molecule has 0 aliphatic heterocycles. The first-order valence-electron chi connectivity index (χ1n) is 5.05. The largest absolute Gasteiger partial charge is 0.435 e. The molecule has 0 fully saturated rings. The number of rotatable bonds is 5. The molecule has 1 rings (SSSR count). The zero-order valence-electron chi connectivity index (χ0n) is 9.11. The lowest BCUT2D eigenvalue weighted by Gasteiger charge is -2.21. The number of nitrogens with two attached hydrogens (primary N) is 2. The maximum absolute atomic E-state index is 12.3. The Morgan fingerprint density at radius 2 is 1.65 bits per heavy atom. The lowest BCUT2D eigenvalue weighted by Crippen LogP contribution is -2.34. The van der Waals surface area contributed by atoms with E-state index < -0.39 is 11.9 Å². The molecule has 0 saturated heterocycles. The van der Waals surface area contributed by atoms with Crippen LogP contribution in [0.15, 0.2) is 12.1 Å². The molecule has 0 aliphatic carbocycles. The van der Waals surface area contributed by atoms with Gasteiger partial charge in [-0.05, 0) is 12.1 Å². The minimum atomic E-state index is -4.47. The van der Waals surface area contributed by atoms with E-state index in [-0.39, 0.29) is 0 Å². The Hall–Kier alpha value is -1.41. The van der Waals surface area contributed by atoms with Crippen LogP contribution < -0.4 is 16.4 Å². The standard InChI is InChI=1S/C9H14F3N5/c10-9(11,12)7-1-2-8(16-15-7)17(5-3-13)6-4-14/h1-2H,3-6,13-14H2. The first-order chi connectivity index (χ1) is 7.99. The second-order valence-electron chi connectivity index (χ2n) is 3.34. The fourth-order valence-electron chi connectivity index (χ4n) is 1.30. The summed E-state index contributed by atoms with van der Waals surface area (Å²) in [7, 11) is 0. The molecule has 96 valence electrons. The average molecular weight is 249 g/mol. The fourth-order valence-corrected chi connectivity index (χ4v) is 1.30. The van der Waals surface area contributed by atoms with E-state index in [0.29, 0.717) is 32.0 Å². The maximum Gasteiger partial charge on any atom is 0.435 e. The van der Waals surface area contributed by atoms with Crippen LogP contribution >= 0.6 is 0 Å². The van der Waals surface area contributed by atoms with E-state index in [1.165, 1.54) is 6.07 Å². The molecule has 0 bridgehead atoms. The van der Waals surface area contributed by atoms with Gasteiger partial charge in [-0.15, -0.1) is 10.2 Å². The van der Waals surface area contributed by atoms with Crippen molar-refractivity contribution in [2.75, 3.05) is 31.1 Å². The normalized spacial score (nSPS) is 11.6. The van der Waals surface area contributed by atoms with E-state index in [1.54, 1.807) is 4.90 Å². The smallest absolute Gasteiger partial charge is 0.353 e. The minimum absolute atomic E-state index is 0.342. The summed E-state index contributed by atoms with van der Waals surface area (Å²) in [6, 6.07) is 2.16. The lowest BCUT2D eigenvalue weighted by molar-refractivity contribution is -0.141. The third kappa shape index (κ3) is 3.82. The molecule has 0 radical (unpaired) electrons. The van der Waals surface area contributed by atoms with Crippen LogP contribution in [0.4, 0.5) is 19.0 Å². The van der Waals surface area contributed by atoms with Crippen LogP contribution in [-0.4, -0.2) is 36.4 Å². The third-order valence-corrected chi connectivity index (χ3v) is 2.06. The van der Waals surface area contributed by atoms with Crippen LogP contribution in [0, 0.1) is 0 Å². The summed E-state index contributed by atoms with van der Waals surface area (Å²) < 4.78 is 36.8. The first-order valence-corrected chi connectivity index (χ1v) is 5.05. The highest BCUT2D eigenvalue weighted by atomic mass is 19.4. The van der Waals surface area contributed by atoms with Crippen molar-refractivity contribution in [2.24, 2.45) is 11.5 Å². The quantitative estimate of drug-likeness (QED) is 0.780. The van der Waals surface area contributed by atoms with E-state index in [9.17, 15) is 13.2 Å². The van der Waals surface area contributed by atoms with Gasteiger partial charge < -0.3 is 16.4 Å². The van der Waals surface area contributed by atoms with Crippen molar-refractivity contribution in [3.8, 4) is 0 Å². The molecule has 4 N–H and O–H groups in total. The van der Waals surface area contributed by atoms with Crippen molar-refractivity contribution < 1.29 is 13.2 Å². The molecule has 0 spiro atoms. The Morgan fingerprint density at radius 1 is 1.06 bits per heavy atom. The highest BCUT2D eigenvalue weighted by molar-refractivity contribution is 5.37. The van der Waals surface area contributed by atoms with Crippen molar-refractivity contribution >= 4 is 5.82 Å². The van der Waals surface area contributed by atoms with Gasteiger partial charge in [0.25, 0.3) is 0 Å². The second-order valence-corrected chi connectivity index (χ2v) is 3.34. The van der Waals surface area contributed by atoms with Gasteiger partial charge in [-0.1, -0.05) is 0 Å². The Kier molecular flexibility index (Phi) is 4.64. The van der Waals surface area contributed by atoms with Crippen LogP contribution in [0.1, 0.15) is 5.69 Å². The van der Waals surface area contributed by atoms with Gasteiger partial charge in [-0.3, -0.25) is 0 Å². The Bertz CT molecular complexity index is 331. The highest BCUT2D eigenvalue weighted by Crippen LogP contribution is 2.27. The third-order valence-electron chi connectivity index (χ3n) is 2.06. The first kappa shape index (κ1) is 13.7. The molecule has 0 atom stereocenters. The van der Waals surface area contributed by atoms with Gasteiger partial charge in [0.15, 0.2) is 11.5 Å². The van der Waals surface area contributed by atoms with Crippen LogP contribution in [-0.2, 0) is 6.18 Å². The number of nitrogens with zero attached hydrogens (tertiary/aromatic N) is 3. The Morgan fingerprint density at radius 3 is 2.00 bits per heavy atom. The predicted octanol–water partition coefficient (Wildman–Crippen LogP) is 0.219. The summed E-state index contributed by atoms with van der Waals surface area (Å²) >= 11 is 0. The molecule has 17 heavy (non-hydrogen) atoms. The number of hydrogen-bond donors (Lipinski definition) is 2. The summed E-state index contributed by atoms with van der Waals surface area (Å²) in [6.07, 6.45) is -4.47.